The van der Waals surface area contributed by atoms with Crippen molar-refractivity contribution in [3.05, 3.63) is 23.3 Å². The average molecular weight is 579 g/mol. The SMILES string of the molecule is CCCC/C=C(\CCNC)CC/C(=C\CCNCCNCCC=NC)CCN(CCC)CCNCCNCCNC. The third-order valence-electron chi connectivity index (χ3n) is 7.24. The molecule has 0 heterocycles. The first-order valence-electron chi connectivity index (χ1n) is 16.8. The summed E-state index contributed by atoms with van der Waals surface area (Å²) in [5.74, 6) is 0. The molecule has 0 bridgehead atoms. The lowest BCUT2D eigenvalue weighted by molar-refractivity contribution is 0.276. The van der Waals surface area contributed by atoms with E-state index in [-0.39, 0.29) is 0 Å². The predicted octanol–water partition coefficient (Wildman–Crippen LogP) is 3.58. The van der Waals surface area contributed by atoms with E-state index in [9.17, 15) is 0 Å². The van der Waals surface area contributed by atoms with Gasteiger partial charge in [-0.2, -0.15) is 0 Å². The van der Waals surface area contributed by atoms with Gasteiger partial charge in [-0.25, -0.2) is 0 Å². The maximum Gasteiger partial charge on any atom is 0.0273 e. The second kappa shape index (κ2) is 33.4. The Morgan fingerprint density at radius 1 is 0.561 bits per heavy atom. The van der Waals surface area contributed by atoms with E-state index in [0.717, 1.165) is 91.4 Å². The third-order valence-corrected chi connectivity index (χ3v) is 7.24. The molecule has 0 aromatic carbocycles. The lowest BCUT2D eigenvalue weighted by Crippen LogP contribution is -2.37. The summed E-state index contributed by atoms with van der Waals surface area (Å²) in [5.41, 5.74) is 3.27. The minimum Gasteiger partial charge on any atom is -0.319 e. The van der Waals surface area contributed by atoms with E-state index in [1.807, 2.05) is 20.3 Å². The molecule has 0 atom stereocenters. The highest BCUT2D eigenvalue weighted by atomic mass is 15.1. The van der Waals surface area contributed by atoms with Gasteiger partial charge in [0.05, 0.1) is 0 Å². The van der Waals surface area contributed by atoms with E-state index < -0.39 is 0 Å². The first kappa shape index (κ1) is 39.9. The molecule has 0 spiro atoms. The van der Waals surface area contributed by atoms with Crippen LogP contribution in [-0.4, -0.2) is 117 Å². The number of likely N-dealkylation sites (N-methyl/N-ethyl adjacent to an activating group) is 1. The Morgan fingerprint density at radius 2 is 1.15 bits per heavy atom. The van der Waals surface area contributed by atoms with Crippen molar-refractivity contribution in [1.29, 1.82) is 0 Å². The van der Waals surface area contributed by atoms with E-state index in [1.54, 1.807) is 11.1 Å². The van der Waals surface area contributed by atoms with Gasteiger partial charge in [0.25, 0.3) is 0 Å². The quantitative estimate of drug-likeness (QED) is 0.0413. The summed E-state index contributed by atoms with van der Waals surface area (Å²) < 4.78 is 0. The van der Waals surface area contributed by atoms with Crippen LogP contribution in [0.25, 0.3) is 0 Å². The molecule has 8 nitrogen and oxygen atoms in total. The highest BCUT2D eigenvalue weighted by Crippen LogP contribution is 2.19. The van der Waals surface area contributed by atoms with Gasteiger partial charge < -0.3 is 41.8 Å². The molecule has 0 amide bonds. The van der Waals surface area contributed by atoms with Gasteiger partial charge in [0.2, 0.25) is 0 Å². The van der Waals surface area contributed by atoms with Gasteiger partial charge >= 0.3 is 0 Å². The van der Waals surface area contributed by atoms with Crippen molar-refractivity contribution in [2.45, 2.75) is 78.1 Å². The summed E-state index contributed by atoms with van der Waals surface area (Å²) in [5, 5.41) is 20.7. The molecule has 0 radical (unpaired) electrons. The van der Waals surface area contributed by atoms with Crippen molar-refractivity contribution in [2.75, 3.05) is 106 Å². The zero-order valence-corrected chi connectivity index (χ0v) is 27.9. The first-order chi connectivity index (χ1) is 20.2. The number of rotatable bonds is 32. The van der Waals surface area contributed by atoms with Gasteiger partial charge in [-0.15, -0.1) is 0 Å². The summed E-state index contributed by atoms with van der Waals surface area (Å²) in [6.45, 7) is 18.4. The van der Waals surface area contributed by atoms with E-state index in [2.05, 4.69) is 74.8 Å². The van der Waals surface area contributed by atoms with Crippen molar-refractivity contribution in [2.24, 2.45) is 4.99 Å². The number of nitrogens with one attached hydrogen (secondary N) is 6. The Bertz CT molecular complexity index is 620. The van der Waals surface area contributed by atoms with Crippen molar-refractivity contribution in [1.82, 2.24) is 36.8 Å². The Labute approximate surface area is 255 Å². The number of unbranched alkanes of at least 4 members (excludes halogenated alkanes) is 2. The van der Waals surface area contributed by atoms with Crippen LogP contribution in [0.15, 0.2) is 28.3 Å². The Hall–Kier alpha value is -1.13. The maximum atomic E-state index is 4.03. The van der Waals surface area contributed by atoms with Crippen LogP contribution >= 0.6 is 0 Å². The number of aliphatic imine (C=N–C) groups is 1. The van der Waals surface area contributed by atoms with E-state index in [1.165, 1.54) is 57.9 Å². The lowest BCUT2D eigenvalue weighted by Gasteiger charge is -2.23. The minimum absolute atomic E-state index is 1.00. The second-order valence-electron chi connectivity index (χ2n) is 10.9. The molecule has 0 unspecified atom stereocenters. The van der Waals surface area contributed by atoms with Crippen LogP contribution in [-0.2, 0) is 0 Å². The Morgan fingerprint density at radius 3 is 1.78 bits per heavy atom. The summed E-state index contributed by atoms with van der Waals surface area (Å²) in [6, 6.07) is 0. The largest absolute Gasteiger partial charge is 0.319 e. The summed E-state index contributed by atoms with van der Waals surface area (Å²) in [4.78, 5) is 6.69. The molecule has 0 fully saturated rings. The molecular weight excluding hydrogens is 508 g/mol. The molecule has 0 rings (SSSR count). The van der Waals surface area contributed by atoms with Crippen LogP contribution in [0.1, 0.15) is 78.1 Å². The predicted molar refractivity (Wildman–Crippen MR) is 184 cm³/mol. The molecule has 0 aliphatic carbocycles. The topological polar surface area (TPSA) is 87.8 Å². The molecule has 0 aliphatic heterocycles. The van der Waals surface area contributed by atoms with Gasteiger partial charge in [0.15, 0.2) is 0 Å². The molecule has 242 valence electrons. The van der Waals surface area contributed by atoms with Crippen LogP contribution in [0.5, 0.6) is 0 Å². The molecule has 0 saturated heterocycles. The van der Waals surface area contributed by atoms with Crippen LogP contribution < -0.4 is 31.9 Å². The molecule has 41 heavy (non-hydrogen) atoms. The fourth-order valence-corrected chi connectivity index (χ4v) is 4.71. The standard InChI is InChI=1S/C33H70N8/c1-6-8-9-12-32(16-21-35-4)14-15-33(13-10-19-37-24-25-38-20-11-18-34-3)17-30-41(29-7-2)31-28-40-27-26-39-23-22-36-5/h12-13,18,35-40H,6-11,14-17,19-31H2,1-5H3/b32-12-,33-13+,34-18?. The number of hydrogen-bond acceptors (Lipinski definition) is 8. The molecule has 0 aromatic heterocycles. The van der Waals surface area contributed by atoms with E-state index in [4.69, 9.17) is 0 Å². The fourth-order valence-electron chi connectivity index (χ4n) is 4.71. The summed E-state index contributed by atoms with van der Waals surface area (Å²) in [7, 11) is 5.90. The van der Waals surface area contributed by atoms with Crippen LogP contribution in [0.4, 0.5) is 0 Å². The second-order valence-corrected chi connectivity index (χ2v) is 10.9. The molecule has 0 saturated carbocycles. The van der Waals surface area contributed by atoms with Gasteiger partial charge in [0, 0.05) is 72.5 Å². The Balaban J connectivity index is 4.80. The minimum atomic E-state index is 1.00. The molecule has 8 heteroatoms. The van der Waals surface area contributed by atoms with Gasteiger partial charge in [0.1, 0.15) is 0 Å². The van der Waals surface area contributed by atoms with Crippen molar-refractivity contribution >= 4 is 6.21 Å². The maximum absolute atomic E-state index is 4.03. The molecular formula is C33H70N8. The monoisotopic (exact) mass is 579 g/mol. The van der Waals surface area contributed by atoms with Gasteiger partial charge in [-0.3, -0.25) is 0 Å². The van der Waals surface area contributed by atoms with E-state index >= 15 is 0 Å². The van der Waals surface area contributed by atoms with Crippen LogP contribution in [0.2, 0.25) is 0 Å². The van der Waals surface area contributed by atoms with E-state index in [0.29, 0.717) is 0 Å². The summed E-state index contributed by atoms with van der Waals surface area (Å²) in [6.07, 6.45) is 18.9. The fraction of sp³-hybridized carbons (Fsp3) is 0.848. The Kier molecular flexibility index (Phi) is 32.5. The zero-order valence-electron chi connectivity index (χ0n) is 27.9. The number of allylic oxidation sites excluding steroid dienone is 1. The lowest BCUT2D eigenvalue weighted by atomic mass is 9.98. The van der Waals surface area contributed by atoms with Gasteiger partial charge in [-0.1, -0.05) is 50.0 Å². The first-order valence-corrected chi connectivity index (χ1v) is 16.8. The van der Waals surface area contributed by atoms with Gasteiger partial charge in [-0.05, 0) is 91.3 Å². The highest BCUT2D eigenvalue weighted by molar-refractivity contribution is 5.56. The number of hydrogen-bond donors (Lipinski definition) is 6. The molecule has 0 aliphatic rings. The smallest absolute Gasteiger partial charge is 0.0273 e. The normalized spacial score (nSPS) is 12.8. The average Bonchev–Trinajstić information content (AvgIpc) is 2.98. The van der Waals surface area contributed by atoms with Crippen molar-refractivity contribution < 1.29 is 0 Å². The highest BCUT2D eigenvalue weighted by Gasteiger charge is 2.08. The summed E-state index contributed by atoms with van der Waals surface area (Å²) >= 11 is 0. The van der Waals surface area contributed by atoms with Crippen LogP contribution in [0, 0.1) is 0 Å². The molecule has 0 aromatic rings. The van der Waals surface area contributed by atoms with Crippen molar-refractivity contribution in [3.8, 4) is 0 Å². The van der Waals surface area contributed by atoms with Crippen LogP contribution in [0.3, 0.4) is 0 Å². The number of nitrogens with zero attached hydrogens (tertiary/aromatic N) is 2. The molecule has 6 N–H and O–H groups in total. The third kappa shape index (κ3) is 28.8. The van der Waals surface area contributed by atoms with Crippen molar-refractivity contribution in [3.63, 3.8) is 0 Å². The zero-order chi connectivity index (χ0) is 30.1.